The molecule has 0 radical (unpaired) electrons. The minimum Gasteiger partial charge on any atom is -0.356 e. The quantitative estimate of drug-likeness (QED) is 0.742. The molecule has 2 aliphatic heterocycles. The van der Waals surface area contributed by atoms with Crippen molar-refractivity contribution in [3.05, 3.63) is 16.5 Å². The van der Waals surface area contributed by atoms with Crippen LogP contribution in [-0.2, 0) is 12.8 Å². The van der Waals surface area contributed by atoms with Crippen molar-refractivity contribution in [2.45, 2.75) is 19.3 Å². The van der Waals surface area contributed by atoms with Crippen molar-refractivity contribution in [3.63, 3.8) is 0 Å². The highest BCUT2D eigenvalue weighted by Crippen LogP contribution is 2.27. The SMILES string of the molecule is Clc1nc2c(c(N3CCC3)n1)CCNCC2. The van der Waals surface area contributed by atoms with Crippen molar-refractivity contribution in [3.8, 4) is 0 Å². The zero-order chi connectivity index (χ0) is 11.0. The van der Waals surface area contributed by atoms with E-state index in [1.807, 2.05) is 0 Å². The van der Waals surface area contributed by atoms with Gasteiger partial charge in [0.05, 0.1) is 5.69 Å². The van der Waals surface area contributed by atoms with Crippen LogP contribution >= 0.6 is 11.6 Å². The number of halogens is 1. The molecule has 4 nitrogen and oxygen atoms in total. The Morgan fingerprint density at radius 1 is 1.12 bits per heavy atom. The Morgan fingerprint density at radius 2 is 1.94 bits per heavy atom. The van der Waals surface area contributed by atoms with Gasteiger partial charge in [-0.3, -0.25) is 0 Å². The summed E-state index contributed by atoms with van der Waals surface area (Å²) in [5.74, 6) is 1.07. The van der Waals surface area contributed by atoms with Crippen molar-refractivity contribution in [2.75, 3.05) is 31.1 Å². The maximum Gasteiger partial charge on any atom is 0.224 e. The smallest absolute Gasteiger partial charge is 0.224 e. The summed E-state index contributed by atoms with van der Waals surface area (Å²) >= 11 is 5.99. The molecule has 1 aromatic rings. The first kappa shape index (κ1) is 10.3. The number of anilines is 1. The fraction of sp³-hybridized carbons (Fsp3) is 0.636. The van der Waals surface area contributed by atoms with Gasteiger partial charge < -0.3 is 10.2 Å². The van der Waals surface area contributed by atoms with E-state index >= 15 is 0 Å². The molecule has 5 heteroatoms. The molecule has 16 heavy (non-hydrogen) atoms. The summed E-state index contributed by atoms with van der Waals surface area (Å²) < 4.78 is 0. The molecule has 2 aliphatic rings. The van der Waals surface area contributed by atoms with Gasteiger partial charge in [0.2, 0.25) is 5.28 Å². The van der Waals surface area contributed by atoms with E-state index in [0.717, 1.165) is 50.5 Å². The Morgan fingerprint density at radius 3 is 2.69 bits per heavy atom. The lowest BCUT2D eigenvalue weighted by Crippen LogP contribution is -2.38. The van der Waals surface area contributed by atoms with Crippen molar-refractivity contribution in [1.82, 2.24) is 15.3 Å². The van der Waals surface area contributed by atoms with Gasteiger partial charge in [0.1, 0.15) is 5.82 Å². The van der Waals surface area contributed by atoms with Crippen LogP contribution in [0.15, 0.2) is 0 Å². The topological polar surface area (TPSA) is 41.1 Å². The number of aromatic nitrogens is 2. The molecule has 3 rings (SSSR count). The lowest BCUT2D eigenvalue weighted by atomic mass is 10.1. The maximum atomic E-state index is 5.99. The third-order valence-corrected chi connectivity index (χ3v) is 3.46. The van der Waals surface area contributed by atoms with Crippen LogP contribution in [0.2, 0.25) is 5.28 Å². The first-order valence-corrected chi connectivity index (χ1v) is 6.23. The summed E-state index contributed by atoms with van der Waals surface area (Å²) in [7, 11) is 0. The minimum atomic E-state index is 0.391. The lowest BCUT2D eigenvalue weighted by Gasteiger charge is -2.33. The summed E-state index contributed by atoms with van der Waals surface area (Å²) in [6.07, 6.45) is 3.23. The fourth-order valence-corrected chi connectivity index (χ4v) is 2.47. The van der Waals surface area contributed by atoms with Gasteiger partial charge in [-0.2, -0.15) is 0 Å². The fourth-order valence-electron chi connectivity index (χ4n) is 2.29. The van der Waals surface area contributed by atoms with Crippen LogP contribution in [-0.4, -0.2) is 36.1 Å². The molecule has 0 bridgehead atoms. The Labute approximate surface area is 100 Å². The van der Waals surface area contributed by atoms with E-state index < -0.39 is 0 Å². The lowest BCUT2D eigenvalue weighted by molar-refractivity contribution is 0.604. The molecule has 86 valence electrons. The van der Waals surface area contributed by atoms with Gasteiger partial charge in [0, 0.05) is 31.6 Å². The number of nitrogens with one attached hydrogen (secondary N) is 1. The van der Waals surface area contributed by atoms with Gasteiger partial charge in [0.25, 0.3) is 0 Å². The van der Waals surface area contributed by atoms with Gasteiger partial charge in [-0.15, -0.1) is 0 Å². The van der Waals surface area contributed by atoms with Crippen LogP contribution in [0.1, 0.15) is 17.7 Å². The number of fused-ring (bicyclic) bond motifs is 1. The van der Waals surface area contributed by atoms with Crippen LogP contribution in [0.5, 0.6) is 0 Å². The summed E-state index contributed by atoms with van der Waals surface area (Å²) in [6.45, 7) is 4.21. The Kier molecular flexibility index (Phi) is 2.69. The van der Waals surface area contributed by atoms with Gasteiger partial charge in [0.15, 0.2) is 0 Å². The van der Waals surface area contributed by atoms with E-state index in [2.05, 4.69) is 20.2 Å². The van der Waals surface area contributed by atoms with Crippen LogP contribution in [0.4, 0.5) is 5.82 Å². The van der Waals surface area contributed by atoms with E-state index in [4.69, 9.17) is 11.6 Å². The second-order valence-electron chi connectivity index (χ2n) is 4.33. The predicted molar refractivity (Wildman–Crippen MR) is 64.1 cm³/mol. The second kappa shape index (κ2) is 4.18. The summed E-state index contributed by atoms with van der Waals surface area (Å²) in [5.41, 5.74) is 2.43. The maximum absolute atomic E-state index is 5.99. The summed E-state index contributed by atoms with van der Waals surface area (Å²) in [5, 5.41) is 3.78. The van der Waals surface area contributed by atoms with Crippen LogP contribution in [0.25, 0.3) is 0 Å². The second-order valence-corrected chi connectivity index (χ2v) is 4.67. The first-order valence-electron chi connectivity index (χ1n) is 5.85. The van der Waals surface area contributed by atoms with E-state index in [1.54, 1.807) is 0 Å². The van der Waals surface area contributed by atoms with Crippen LogP contribution in [0.3, 0.4) is 0 Å². The van der Waals surface area contributed by atoms with Crippen molar-refractivity contribution in [2.24, 2.45) is 0 Å². The minimum absolute atomic E-state index is 0.391. The number of hydrogen-bond donors (Lipinski definition) is 1. The molecule has 0 unspecified atom stereocenters. The molecule has 1 fully saturated rings. The molecule has 0 saturated carbocycles. The molecule has 0 amide bonds. The first-order chi connectivity index (χ1) is 7.84. The monoisotopic (exact) mass is 238 g/mol. The van der Waals surface area contributed by atoms with Crippen molar-refractivity contribution >= 4 is 17.4 Å². The van der Waals surface area contributed by atoms with Crippen LogP contribution < -0.4 is 10.2 Å². The summed E-state index contributed by atoms with van der Waals surface area (Å²) in [6, 6.07) is 0. The summed E-state index contributed by atoms with van der Waals surface area (Å²) in [4.78, 5) is 11.1. The molecule has 0 atom stereocenters. The highest BCUT2D eigenvalue weighted by Gasteiger charge is 2.23. The molecule has 1 saturated heterocycles. The predicted octanol–water partition coefficient (Wildman–Crippen LogP) is 1.03. The third kappa shape index (κ3) is 1.76. The van der Waals surface area contributed by atoms with Crippen molar-refractivity contribution in [1.29, 1.82) is 0 Å². The van der Waals surface area contributed by atoms with E-state index in [0.29, 0.717) is 5.28 Å². The van der Waals surface area contributed by atoms with Gasteiger partial charge >= 0.3 is 0 Å². The van der Waals surface area contributed by atoms with Gasteiger partial charge in [-0.1, -0.05) is 0 Å². The Bertz CT molecular complexity index is 403. The van der Waals surface area contributed by atoms with Gasteiger partial charge in [-0.25, -0.2) is 9.97 Å². The normalized spacial score (nSPS) is 19.9. The molecule has 3 heterocycles. The molecule has 0 aromatic carbocycles. The highest BCUT2D eigenvalue weighted by molar-refractivity contribution is 6.28. The Balaban J connectivity index is 2.04. The van der Waals surface area contributed by atoms with Crippen molar-refractivity contribution < 1.29 is 0 Å². The molecule has 0 spiro atoms. The van der Waals surface area contributed by atoms with E-state index in [-0.39, 0.29) is 0 Å². The van der Waals surface area contributed by atoms with E-state index in [1.165, 1.54) is 12.0 Å². The highest BCUT2D eigenvalue weighted by atomic mass is 35.5. The molecule has 1 aromatic heterocycles. The number of nitrogens with zero attached hydrogens (tertiary/aromatic N) is 3. The third-order valence-electron chi connectivity index (χ3n) is 3.29. The number of rotatable bonds is 1. The molecule has 0 aliphatic carbocycles. The average molecular weight is 239 g/mol. The van der Waals surface area contributed by atoms with Crippen LogP contribution in [0, 0.1) is 0 Å². The zero-order valence-electron chi connectivity index (χ0n) is 9.17. The molecular formula is C11H15ClN4. The molecular weight excluding hydrogens is 224 g/mol. The largest absolute Gasteiger partial charge is 0.356 e. The molecule has 1 N–H and O–H groups in total. The number of hydrogen-bond acceptors (Lipinski definition) is 4. The zero-order valence-corrected chi connectivity index (χ0v) is 9.93. The standard InChI is InChI=1S/C11H15ClN4/c12-11-14-9-3-5-13-4-2-8(9)10(15-11)16-6-1-7-16/h13H,1-7H2. The van der Waals surface area contributed by atoms with E-state index in [9.17, 15) is 0 Å². The average Bonchev–Trinajstić information content (AvgIpc) is 2.39. The van der Waals surface area contributed by atoms with Gasteiger partial charge in [-0.05, 0) is 31.0 Å². The Hall–Kier alpha value is -0.870.